The number of rotatable bonds is 6. The Balaban J connectivity index is 1.30. The number of nitrogens with zero attached hydrogens (tertiary/aromatic N) is 7. The number of ether oxygens (including phenoxy) is 2. The maximum absolute atomic E-state index is 13.1. The average Bonchev–Trinajstić information content (AvgIpc) is 2.98. The third-order valence-corrected chi connectivity index (χ3v) is 7.92. The zero-order valence-corrected chi connectivity index (χ0v) is 26.1. The molecule has 0 unspecified atom stereocenters. The lowest BCUT2D eigenvalue weighted by Crippen LogP contribution is -2.44. The van der Waals surface area contributed by atoms with Crippen molar-refractivity contribution in [1.82, 2.24) is 9.88 Å². The highest BCUT2D eigenvalue weighted by molar-refractivity contribution is 6.04. The molecule has 0 atom stereocenters. The Morgan fingerprint density at radius 1 is 1.12 bits per heavy atom. The van der Waals surface area contributed by atoms with Gasteiger partial charge in [0.25, 0.3) is 0 Å². The van der Waals surface area contributed by atoms with E-state index in [1.165, 1.54) is 5.69 Å². The molecule has 1 amide bonds. The van der Waals surface area contributed by atoms with Crippen LogP contribution in [0.25, 0.3) is 0 Å². The van der Waals surface area contributed by atoms with Gasteiger partial charge >= 0.3 is 6.09 Å². The number of fused-ring (bicyclic) bond motifs is 1. The van der Waals surface area contributed by atoms with E-state index in [-0.39, 0.29) is 0 Å². The lowest BCUT2D eigenvalue weighted by atomic mass is 10.0. The number of pyridine rings is 1. The number of piperidine rings is 1. The highest BCUT2D eigenvalue weighted by Crippen LogP contribution is 2.39. The molecule has 1 aromatic carbocycles. The minimum absolute atomic E-state index is 0.368. The Labute approximate surface area is 254 Å². The lowest BCUT2D eigenvalue weighted by molar-refractivity contribution is 0.0566. The van der Waals surface area contributed by atoms with E-state index < -0.39 is 11.7 Å². The van der Waals surface area contributed by atoms with Gasteiger partial charge in [-0.05, 0) is 77.7 Å². The van der Waals surface area contributed by atoms with E-state index in [1.54, 1.807) is 11.1 Å². The molecule has 2 aromatic rings. The second-order valence-corrected chi connectivity index (χ2v) is 12.2. The van der Waals surface area contributed by atoms with Crippen LogP contribution in [0.5, 0.6) is 5.88 Å². The van der Waals surface area contributed by atoms with Gasteiger partial charge in [0.2, 0.25) is 5.88 Å². The van der Waals surface area contributed by atoms with Crippen LogP contribution in [-0.4, -0.2) is 100 Å². The van der Waals surface area contributed by atoms with Crippen LogP contribution in [0, 0.1) is 6.92 Å². The number of benzene rings is 1. The standard InChI is InChI=1S/C32H44N8O3/c1-23-28(20-34-30-29(23)40(17-18-42-30)31(41)43-32(2,3)4)39-12-11-24(19-33-5)27(21-39)36-22-35-25-7-9-26(10-8-25)38-15-13-37(6)14-16-38/h7-10,19-20,35H,5,11-18,21-22H2,1-4,6H3/b24-19-,36-27-. The van der Waals surface area contributed by atoms with Crippen molar-refractivity contribution in [3.05, 3.63) is 47.8 Å². The SMILES string of the molecule is C=N/C=C1/CCN(c2cnc3c(c2C)N(C(=O)OC(C)(C)C)CCO3)C/C1=N/CNc1ccc(N2CCN(C)CC2)cc1. The van der Waals surface area contributed by atoms with Gasteiger partial charge in [-0.1, -0.05) is 0 Å². The molecule has 3 aliphatic heterocycles. The Bertz CT molecular complexity index is 1370. The van der Waals surface area contributed by atoms with Crippen molar-refractivity contribution in [3.8, 4) is 5.88 Å². The number of carbonyl (C=O) groups excluding carboxylic acids is 1. The molecule has 0 radical (unpaired) electrons. The van der Waals surface area contributed by atoms with Crippen molar-refractivity contribution >= 4 is 41.3 Å². The quantitative estimate of drug-likeness (QED) is 0.490. The molecule has 0 saturated carbocycles. The fourth-order valence-electron chi connectivity index (χ4n) is 5.60. The second kappa shape index (κ2) is 13.0. The van der Waals surface area contributed by atoms with Crippen LogP contribution in [0.1, 0.15) is 32.8 Å². The Morgan fingerprint density at radius 2 is 1.86 bits per heavy atom. The van der Waals surface area contributed by atoms with Gasteiger partial charge in [-0.2, -0.15) is 0 Å². The summed E-state index contributed by atoms with van der Waals surface area (Å²) in [4.78, 5) is 35.3. The molecule has 11 heteroatoms. The zero-order chi connectivity index (χ0) is 30.6. The van der Waals surface area contributed by atoms with E-state index in [9.17, 15) is 4.79 Å². The second-order valence-electron chi connectivity index (χ2n) is 12.2. The summed E-state index contributed by atoms with van der Waals surface area (Å²) in [6.45, 7) is 18.1. The van der Waals surface area contributed by atoms with Crippen molar-refractivity contribution < 1.29 is 14.3 Å². The fourth-order valence-corrected chi connectivity index (χ4v) is 5.60. The predicted molar refractivity (Wildman–Crippen MR) is 175 cm³/mol. The molecule has 0 spiro atoms. The number of likely N-dealkylation sites (N-methyl/N-ethyl adjacent to an activating group) is 1. The van der Waals surface area contributed by atoms with E-state index in [0.29, 0.717) is 37.9 Å². The van der Waals surface area contributed by atoms with Gasteiger partial charge in [0.15, 0.2) is 0 Å². The summed E-state index contributed by atoms with van der Waals surface area (Å²) in [7, 11) is 2.17. The van der Waals surface area contributed by atoms with Crippen LogP contribution in [0.4, 0.5) is 27.5 Å². The fraction of sp³-hybridized carbons (Fsp3) is 0.500. The first-order valence-corrected chi connectivity index (χ1v) is 15.0. The lowest BCUT2D eigenvalue weighted by Gasteiger charge is -2.36. The van der Waals surface area contributed by atoms with E-state index in [4.69, 9.17) is 14.5 Å². The number of amides is 1. The Morgan fingerprint density at radius 3 is 2.56 bits per heavy atom. The number of anilines is 4. The van der Waals surface area contributed by atoms with Gasteiger partial charge in [0.05, 0.1) is 30.7 Å². The summed E-state index contributed by atoms with van der Waals surface area (Å²) >= 11 is 0. The molecule has 2 saturated heterocycles. The number of piperazine rings is 1. The summed E-state index contributed by atoms with van der Waals surface area (Å²) in [5.74, 6) is 0.448. The first-order chi connectivity index (χ1) is 20.6. The van der Waals surface area contributed by atoms with Crippen molar-refractivity contribution in [2.24, 2.45) is 9.98 Å². The smallest absolute Gasteiger partial charge is 0.415 e. The highest BCUT2D eigenvalue weighted by atomic mass is 16.6. The van der Waals surface area contributed by atoms with Crippen LogP contribution in [0.3, 0.4) is 0 Å². The normalized spacial score (nSPS) is 19.7. The molecule has 2 fully saturated rings. The number of nitrogens with one attached hydrogen (secondary N) is 1. The van der Waals surface area contributed by atoms with E-state index >= 15 is 0 Å². The molecule has 43 heavy (non-hydrogen) atoms. The first kappa shape index (κ1) is 30.3. The molecule has 5 rings (SSSR count). The molecule has 0 bridgehead atoms. The highest BCUT2D eigenvalue weighted by Gasteiger charge is 2.33. The van der Waals surface area contributed by atoms with Crippen molar-refractivity contribution in [2.75, 3.05) is 86.2 Å². The molecule has 230 valence electrons. The van der Waals surface area contributed by atoms with Crippen LogP contribution >= 0.6 is 0 Å². The third-order valence-electron chi connectivity index (χ3n) is 7.92. The molecule has 4 heterocycles. The number of hydrogen-bond donors (Lipinski definition) is 1. The van der Waals surface area contributed by atoms with Crippen LogP contribution in [-0.2, 0) is 4.74 Å². The molecule has 1 aromatic heterocycles. The number of aromatic nitrogens is 1. The minimum Gasteiger partial charge on any atom is -0.474 e. The van der Waals surface area contributed by atoms with Crippen LogP contribution in [0.15, 0.2) is 52.2 Å². The van der Waals surface area contributed by atoms with Gasteiger partial charge in [0.1, 0.15) is 24.6 Å². The minimum atomic E-state index is -0.602. The Kier molecular flexibility index (Phi) is 9.19. The summed E-state index contributed by atoms with van der Waals surface area (Å²) in [5.41, 5.74) is 6.20. The molecule has 11 nitrogen and oxygen atoms in total. The van der Waals surface area contributed by atoms with Crippen molar-refractivity contribution in [1.29, 1.82) is 0 Å². The summed E-state index contributed by atoms with van der Waals surface area (Å²) in [5, 5.41) is 3.44. The topological polar surface area (TPSA) is 98.1 Å². The van der Waals surface area contributed by atoms with E-state index in [0.717, 1.165) is 67.4 Å². The predicted octanol–water partition coefficient (Wildman–Crippen LogP) is 4.58. The maximum Gasteiger partial charge on any atom is 0.415 e. The van der Waals surface area contributed by atoms with Crippen LogP contribution in [0.2, 0.25) is 0 Å². The van der Waals surface area contributed by atoms with Gasteiger partial charge in [-0.25, -0.2) is 9.78 Å². The van der Waals surface area contributed by atoms with Gasteiger partial charge in [-0.3, -0.25) is 14.9 Å². The molecule has 3 aliphatic rings. The van der Waals surface area contributed by atoms with Crippen molar-refractivity contribution in [3.63, 3.8) is 0 Å². The molecular formula is C32H44N8O3. The van der Waals surface area contributed by atoms with Gasteiger partial charge < -0.3 is 29.5 Å². The number of aliphatic imine (C=N–C) groups is 2. The zero-order valence-electron chi connectivity index (χ0n) is 26.1. The summed E-state index contributed by atoms with van der Waals surface area (Å²) < 4.78 is 11.5. The molecule has 0 aliphatic carbocycles. The van der Waals surface area contributed by atoms with E-state index in [2.05, 4.69) is 68.0 Å². The summed E-state index contributed by atoms with van der Waals surface area (Å²) in [6.07, 6.45) is 3.99. The van der Waals surface area contributed by atoms with E-state index in [1.807, 2.05) is 33.9 Å². The van der Waals surface area contributed by atoms with Crippen molar-refractivity contribution in [2.45, 2.75) is 39.7 Å². The first-order valence-electron chi connectivity index (χ1n) is 15.0. The van der Waals surface area contributed by atoms with Gasteiger partial charge in [-0.15, -0.1) is 0 Å². The maximum atomic E-state index is 13.1. The molecular weight excluding hydrogens is 544 g/mol. The number of hydrogen-bond acceptors (Lipinski definition) is 10. The summed E-state index contributed by atoms with van der Waals surface area (Å²) in [6, 6.07) is 8.58. The number of carbonyl (C=O) groups is 1. The monoisotopic (exact) mass is 588 g/mol. The van der Waals surface area contributed by atoms with Gasteiger partial charge in [0, 0.05) is 55.9 Å². The Hall–Kier alpha value is -4.12. The van der Waals surface area contributed by atoms with Crippen LogP contribution < -0.4 is 24.8 Å². The largest absolute Gasteiger partial charge is 0.474 e. The average molecular weight is 589 g/mol. The third kappa shape index (κ3) is 7.27. The molecule has 1 N–H and O–H groups in total.